The van der Waals surface area contributed by atoms with Gasteiger partial charge in [0.15, 0.2) is 0 Å². The maximum Gasteiger partial charge on any atom is 0.0826 e. The van der Waals surface area contributed by atoms with Gasteiger partial charge in [0.1, 0.15) is 0 Å². The Kier molecular flexibility index (Phi) is 4.29. The Morgan fingerprint density at radius 1 is 0.969 bits per heavy atom. The standard InChI is InChI=1S/C17H12NS.C11H8N.Ir/c1-2-7-16-13(5-1)14-9-8-12(11-17(14)19-16)15-6-3-4-10-18-15;1-2-6-10(7-3-1)11-8-4-5-9-12-11;/h1-2,4-5,7,9-11H,3,6H2;1-6,8-9H;/q2*-1;/i1D,2D,3D,4D,5D,6D,7D,9D,10D,11D;;. The first-order valence-corrected chi connectivity index (χ1v) is 10.2. The van der Waals surface area contributed by atoms with E-state index < -0.39 is 37.1 Å². The average Bonchev–Trinajstić information content (AvgIpc) is 3.41. The Morgan fingerprint density at radius 3 is 2.72 bits per heavy atom. The normalized spacial score (nSPS) is 22.2. The van der Waals surface area contributed by atoms with Gasteiger partial charge in [-0.2, -0.15) is 11.3 Å². The van der Waals surface area contributed by atoms with Crippen LogP contribution in [0.5, 0.6) is 0 Å². The Morgan fingerprint density at radius 2 is 1.88 bits per heavy atom. The fourth-order valence-corrected chi connectivity index (χ4v) is 3.90. The molecule has 3 heterocycles. The molecular formula is C28H20IrN2S-2. The van der Waals surface area contributed by atoms with Gasteiger partial charge in [0, 0.05) is 41.3 Å². The zero-order valence-corrected chi connectivity index (χ0v) is 19.6. The molecule has 0 spiro atoms. The predicted molar refractivity (Wildman–Crippen MR) is 132 cm³/mol. The Hall–Kier alpha value is -2.91. The van der Waals surface area contributed by atoms with Crippen LogP contribution >= 0.6 is 11.3 Å². The fraction of sp³-hybridized carbons (Fsp3) is 0.0714. The number of hydrogen-bond acceptors (Lipinski definition) is 3. The third kappa shape index (κ3) is 4.94. The van der Waals surface area contributed by atoms with Crippen LogP contribution in [0.3, 0.4) is 0 Å². The van der Waals surface area contributed by atoms with Crippen molar-refractivity contribution in [2.24, 2.45) is 4.99 Å². The molecular weight excluding hydrogens is 589 g/mol. The van der Waals surface area contributed by atoms with E-state index in [1.165, 1.54) is 0 Å². The first kappa shape index (κ1) is 13.0. The van der Waals surface area contributed by atoms with Crippen LogP contribution in [0.15, 0.2) is 102 Å². The summed E-state index contributed by atoms with van der Waals surface area (Å²) in [5, 5.41) is 0.326. The minimum Gasteiger partial charge on any atom is -0.309 e. The molecule has 159 valence electrons. The van der Waals surface area contributed by atoms with Crippen molar-refractivity contribution in [1.29, 1.82) is 0 Å². The second kappa shape index (κ2) is 10.6. The topological polar surface area (TPSA) is 25.2 Å². The number of nitrogens with zero attached hydrogens (tertiary/aromatic N) is 2. The number of allylic oxidation sites excluding steroid dienone is 1. The van der Waals surface area contributed by atoms with E-state index in [1.54, 1.807) is 6.20 Å². The van der Waals surface area contributed by atoms with Crippen LogP contribution in [0.1, 0.15) is 32.1 Å². The number of pyridine rings is 1. The molecule has 3 aromatic carbocycles. The summed E-state index contributed by atoms with van der Waals surface area (Å²) in [5.74, 6) is 0. The number of rotatable bonds is 2. The molecule has 0 amide bonds. The third-order valence-corrected chi connectivity index (χ3v) is 5.38. The van der Waals surface area contributed by atoms with Crippen LogP contribution in [-0.4, -0.2) is 10.7 Å². The molecule has 2 unspecified atom stereocenters. The summed E-state index contributed by atoms with van der Waals surface area (Å²) in [6.07, 6.45) is -1.34. The van der Waals surface area contributed by atoms with Crippen molar-refractivity contribution in [2.75, 3.05) is 0 Å². The maximum absolute atomic E-state index is 8.56. The molecule has 2 nitrogen and oxygen atoms in total. The van der Waals surface area contributed by atoms with Crippen molar-refractivity contribution in [2.45, 2.75) is 12.8 Å². The van der Waals surface area contributed by atoms with Gasteiger partial charge in [-0.15, -0.1) is 59.6 Å². The van der Waals surface area contributed by atoms with E-state index in [1.807, 2.05) is 42.5 Å². The first-order valence-electron chi connectivity index (χ1n) is 14.5. The van der Waals surface area contributed by atoms with E-state index in [9.17, 15) is 0 Å². The Bertz CT molecular complexity index is 1820. The van der Waals surface area contributed by atoms with Gasteiger partial charge in [-0.3, -0.25) is 0 Å². The van der Waals surface area contributed by atoms with Crippen LogP contribution in [0.25, 0.3) is 31.4 Å². The average molecular weight is 619 g/mol. The molecule has 32 heavy (non-hydrogen) atoms. The van der Waals surface area contributed by atoms with Gasteiger partial charge in [0.2, 0.25) is 0 Å². The van der Waals surface area contributed by atoms with E-state index in [-0.39, 0.29) is 75.7 Å². The largest absolute Gasteiger partial charge is 0.309 e. The Balaban J connectivity index is 0.000000261. The quantitative estimate of drug-likeness (QED) is 0.188. The smallest absolute Gasteiger partial charge is 0.0826 e. The van der Waals surface area contributed by atoms with Gasteiger partial charge in [0.05, 0.1) is 8.22 Å². The molecule has 1 aliphatic heterocycles. The van der Waals surface area contributed by atoms with Gasteiger partial charge < -0.3 is 9.98 Å². The van der Waals surface area contributed by atoms with Gasteiger partial charge in [-0.25, -0.2) is 0 Å². The molecule has 2 aromatic heterocycles. The number of hydrogen-bond donors (Lipinski definition) is 0. The van der Waals surface area contributed by atoms with Crippen molar-refractivity contribution in [3.63, 3.8) is 0 Å². The molecule has 0 bridgehead atoms. The molecule has 4 heteroatoms. The molecule has 0 fully saturated rings. The molecule has 0 saturated carbocycles. The predicted octanol–water partition coefficient (Wildman–Crippen LogP) is 7.50. The van der Waals surface area contributed by atoms with Gasteiger partial charge >= 0.3 is 0 Å². The minimum absolute atomic E-state index is 0. The second-order valence-electron chi connectivity index (χ2n) is 6.34. The van der Waals surface area contributed by atoms with E-state index in [0.717, 1.165) is 22.6 Å². The Labute approximate surface area is 219 Å². The molecule has 5 aromatic rings. The second-order valence-corrected chi connectivity index (χ2v) is 7.36. The SMILES string of the molecule is [2H]C1=C([2H])C([2H])C([2H])C(c2[c-]c([2H])c3c(sc4c([2H])c([2H])c([2H])c([2H])c43)c2[2H])=N1.[Ir].[c-]1ccccc1-c1ccccn1. The van der Waals surface area contributed by atoms with Crippen molar-refractivity contribution in [3.8, 4) is 11.3 Å². The van der Waals surface area contributed by atoms with Crippen LogP contribution in [0.2, 0.25) is 0 Å². The van der Waals surface area contributed by atoms with E-state index in [2.05, 4.69) is 22.1 Å². The summed E-state index contributed by atoms with van der Waals surface area (Å²) < 4.78 is 80.9. The van der Waals surface area contributed by atoms with Gasteiger partial charge in [-0.05, 0) is 47.8 Å². The molecule has 0 aliphatic carbocycles. The monoisotopic (exact) mass is 619 g/mol. The summed E-state index contributed by atoms with van der Waals surface area (Å²) in [7, 11) is 0. The van der Waals surface area contributed by atoms with E-state index in [4.69, 9.17) is 13.7 Å². The fourth-order valence-electron chi connectivity index (χ4n) is 2.93. The number of fused-ring (bicyclic) bond motifs is 3. The number of aromatic nitrogens is 1. The van der Waals surface area contributed by atoms with E-state index >= 15 is 0 Å². The van der Waals surface area contributed by atoms with Crippen LogP contribution in [0, 0.1) is 12.1 Å². The molecule has 0 N–H and O–H groups in total. The number of aliphatic imine (C=N–C) groups is 1. The van der Waals surface area contributed by atoms with Crippen LogP contribution in [0.4, 0.5) is 0 Å². The number of thiophene rings is 1. The summed E-state index contributed by atoms with van der Waals surface area (Å²) in [6, 6.07) is 17.3. The molecule has 0 saturated heterocycles. The van der Waals surface area contributed by atoms with Crippen molar-refractivity contribution in [3.05, 3.63) is 115 Å². The van der Waals surface area contributed by atoms with Gasteiger partial charge in [0.25, 0.3) is 0 Å². The first-order chi connectivity index (χ1) is 19.5. The third-order valence-electron chi connectivity index (χ3n) is 4.36. The van der Waals surface area contributed by atoms with Crippen molar-refractivity contribution >= 4 is 37.2 Å². The van der Waals surface area contributed by atoms with Crippen LogP contribution in [-0.2, 0) is 20.1 Å². The molecule has 6 rings (SSSR count). The van der Waals surface area contributed by atoms with Crippen LogP contribution < -0.4 is 0 Å². The van der Waals surface area contributed by atoms with Gasteiger partial charge in [-0.1, -0.05) is 41.7 Å². The minimum atomic E-state index is -1.34. The summed E-state index contributed by atoms with van der Waals surface area (Å²) in [5.41, 5.74) is 1.89. The molecule has 1 radical (unpaired) electrons. The van der Waals surface area contributed by atoms with Crippen molar-refractivity contribution in [1.82, 2.24) is 4.98 Å². The molecule has 1 aliphatic rings. The zero-order chi connectivity index (χ0) is 29.6. The number of benzene rings is 3. The molecule has 2 atom stereocenters. The summed E-state index contributed by atoms with van der Waals surface area (Å²) >= 11 is 0.950. The summed E-state index contributed by atoms with van der Waals surface area (Å²) in [6.45, 7) is 0. The zero-order valence-electron chi connectivity index (χ0n) is 26.4. The van der Waals surface area contributed by atoms with E-state index in [0.29, 0.717) is 0 Å². The maximum atomic E-state index is 8.56. The van der Waals surface area contributed by atoms with Crippen molar-refractivity contribution < 1.29 is 33.8 Å². The summed E-state index contributed by atoms with van der Waals surface area (Å²) in [4.78, 5) is 8.11.